The number of carbonyl (C=O) groups excluding carboxylic acids is 1. The van der Waals surface area contributed by atoms with E-state index in [1.165, 1.54) is 22.2 Å². The first-order valence-electron chi connectivity index (χ1n) is 9.42. The summed E-state index contributed by atoms with van der Waals surface area (Å²) in [7, 11) is 0. The number of aromatic nitrogens is 2. The maximum Gasteiger partial charge on any atom is 0.262 e. The third kappa shape index (κ3) is 3.84. The molecule has 2 aromatic heterocycles. The second-order valence-corrected chi connectivity index (χ2v) is 8.38. The summed E-state index contributed by atoms with van der Waals surface area (Å²) in [5, 5.41) is 4.32. The Balaban J connectivity index is 1.80. The number of nitrogens with one attached hydrogen (secondary N) is 1. The summed E-state index contributed by atoms with van der Waals surface area (Å²) in [5.74, 6) is -0.142. The van der Waals surface area contributed by atoms with Gasteiger partial charge < -0.3 is 5.32 Å². The molecule has 0 unspecified atom stereocenters. The number of carbonyl (C=O) groups is 1. The Hall–Kier alpha value is -2.18. The van der Waals surface area contributed by atoms with Crippen LogP contribution in [0.15, 0.2) is 23.3 Å². The molecule has 3 aromatic rings. The predicted molar refractivity (Wildman–Crippen MR) is 117 cm³/mol. The van der Waals surface area contributed by atoms with E-state index in [0.717, 1.165) is 44.9 Å². The van der Waals surface area contributed by atoms with Gasteiger partial charge in [-0.1, -0.05) is 31.5 Å². The molecule has 1 aromatic carbocycles. The predicted octanol–water partition coefficient (Wildman–Crippen LogP) is 4.88. The summed E-state index contributed by atoms with van der Waals surface area (Å²) in [6.07, 6.45) is 3.26. The Morgan fingerprint density at radius 3 is 2.68 bits per heavy atom. The first-order chi connectivity index (χ1) is 13.4. The summed E-state index contributed by atoms with van der Waals surface area (Å²) in [5.41, 5.74) is 3.67. The molecular weight excluding hydrogens is 394 g/mol. The highest BCUT2D eigenvalue weighted by Crippen LogP contribution is 2.29. The average molecular weight is 418 g/mol. The smallest absolute Gasteiger partial charge is 0.262 e. The summed E-state index contributed by atoms with van der Waals surface area (Å²) in [6.45, 7) is 8.27. The topological polar surface area (TPSA) is 64.0 Å². The first-order valence-corrected chi connectivity index (χ1v) is 10.6. The lowest BCUT2D eigenvalue weighted by Gasteiger charge is -2.16. The Labute approximate surface area is 173 Å². The molecule has 0 bridgehead atoms. The molecule has 148 valence electrons. The third-order valence-electron chi connectivity index (χ3n) is 5.08. The minimum absolute atomic E-state index is 0.0918. The number of hydrogen-bond acceptors (Lipinski definition) is 4. The van der Waals surface area contributed by atoms with Crippen molar-refractivity contribution < 1.29 is 4.79 Å². The zero-order valence-corrected chi connectivity index (χ0v) is 18.1. The zero-order chi connectivity index (χ0) is 20.4. The zero-order valence-electron chi connectivity index (χ0n) is 16.6. The molecule has 3 rings (SSSR count). The van der Waals surface area contributed by atoms with Gasteiger partial charge in [0.1, 0.15) is 4.83 Å². The third-order valence-corrected chi connectivity index (χ3v) is 6.55. The Bertz CT molecular complexity index is 1100. The Morgan fingerprint density at radius 1 is 1.25 bits per heavy atom. The molecule has 7 heteroatoms. The SMILES string of the molecule is CCc1ccc(Cl)c(CC)c1NC(=O)CCn1cnc2sc(C)c(C)c2c1=O. The normalized spacial score (nSPS) is 11.2. The van der Waals surface area contributed by atoms with Crippen molar-refractivity contribution in [2.45, 2.75) is 53.5 Å². The van der Waals surface area contributed by atoms with E-state index in [-0.39, 0.29) is 24.4 Å². The van der Waals surface area contributed by atoms with Gasteiger partial charge in [-0.2, -0.15) is 0 Å². The molecule has 0 atom stereocenters. The minimum Gasteiger partial charge on any atom is -0.325 e. The molecule has 0 aliphatic rings. The van der Waals surface area contributed by atoms with Crippen molar-refractivity contribution in [2.24, 2.45) is 0 Å². The van der Waals surface area contributed by atoms with E-state index < -0.39 is 0 Å². The number of nitrogens with zero attached hydrogens (tertiary/aromatic N) is 2. The van der Waals surface area contributed by atoms with Gasteiger partial charge in [-0.25, -0.2) is 4.98 Å². The van der Waals surface area contributed by atoms with Crippen LogP contribution in [0.2, 0.25) is 5.02 Å². The molecule has 0 spiro atoms. The summed E-state index contributed by atoms with van der Waals surface area (Å²) in [6, 6.07) is 3.82. The highest BCUT2D eigenvalue weighted by atomic mass is 35.5. The van der Waals surface area contributed by atoms with Gasteiger partial charge in [-0.3, -0.25) is 14.2 Å². The first kappa shape index (κ1) is 20.6. The number of benzene rings is 1. The van der Waals surface area contributed by atoms with Crippen molar-refractivity contribution in [3.8, 4) is 0 Å². The summed E-state index contributed by atoms with van der Waals surface area (Å²) in [4.78, 5) is 31.6. The number of amides is 1. The van der Waals surface area contributed by atoms with Crippen molar-refractivity contribution in [3.63, 3.8) is 0 Å². The second-order valence-electron chi connectivity index (χ2n) is 6.77. The number of aryl methyl sites for hydroxylation is 4. The molecule has 0 aliphatic carbocycles. The van der Waals surface area contributed by atoms with Crippen LogP contribution in [-0.2, 0) is 24.2 Å². The van der Waals surface area contributed by atoms with Crippen LogP contribution in [0.25, 0.3) is 10.2 Å². The van der Waals surface area contributed by atoms with Crippen LogP contribution < -0.4 is 10.9 Å². The van der Waals surface area contributed by atoms with Crippen molar-refractivity contribution in [3.05, 3.63) is 55.4 Å². The maximum atomic E-state index is 12.8. The van der Waals surface area contributed by atoms with Gasteiger partial charge in [-0.15, -0.1) is 11.3 Å². The van der Waals surface area contributed by atoms with Crippen molar-refractivity contribution in [2.75, 3.05) is 5.32 Å². The van der Waals surface area contributed by atoms with E-state index in [1.807, 2.05) is 39.8 Å². The van der Waals surface area contributed by atoms with Crippen LogP contribution >= 0.6 is 22.9 Å². The summed E-state index contributed by atoms with van der Waals surface area (Å²) < 4.78 is 1.51. The highest BCUT2D eigenvalue weighted by Gasteiger charge is 2.15. The maximum absolute atomic E-state index is 12.8. The lowest BCUT2D eigenvalue weighted by molar-refractivity contribution is -0.116. The van der Waals surface area contributed by atoms with E-state index in [0.29, 0.717) is 10.4 Å². The van der Waals surface area contributed by atoms with E-state index >= 15 is 0 Å². The fourth-order valence-corrected chi connectivity index (χ4v) is 4.60. The van der Waals surface area contributed by atoms with Crippen LogP contribution in [0.1, 0.15) is 41.8 Å². The van der Waals surface area contributed by atoms with Crippen LogP contribution in [0.3, 0.4) is 0 Å². The van der Waals surface area contributed by atoms with Crippen LogP contribution in [0.5, 0.6) is 0 Å². The number of halogens is 1. The van der Waals surface area contributed by atoms with Gasteiger partial charge in [0, 0.05) is 28.6 Å². The molecule has 5 nitrogen and oxygen atoms in total. The molecule has 0 saturated heterocycles. The lowest BCUT2D eigenvalue weighted by Crippen LogP contribution is -2.24. The van der Waals surface area contributed by atoms with E-state index in [2.05, 4.69) is 10.3 Å². The Kier molecular flexibility index (Phi) is 6.20. The van der Waals surface area contributed by atoms with Gasteiger partial charge in [-0.05, 0) is 49.4 Å². The number of rotatable bonds is 6. The molecule has 0 saturated carbocycles. The number of hydrogen-bond donors (Lipinski definition) is 1. The number of thiophene rings is 1. The van der Waals surface area contributed by atoms with E-state index in [1.54, 1.807) is 0 Å². The van der Waals surface area contributed by atoms with Gasteiger partial charge >= 0.3 is 0 Å². The van der Waals surface area contributed by atoms with Crippen molar-refractivity contribution >= 4 is 44.7 Å². The molecule has 0 radical (unpaired) electrons. The number of fused-ring (bicyclic) bond motifs is 1. The molecule has 1 amide bonds. The molecular formula is C21H24ClN3O2S. The van der Waals surface area contributed by atoms with Gasteiger partial charge in [0.15, 0.2) is 0 Å². The van der Waals surface area contributed by atoms with Crippen LogP contribution in [0, 0.1) is 13.8 Å². The quantitative estimate of drug-likeness (QED) is 0.621. The van der Waals surface area contributed by atoms with Gasteiger partial charge in [0.25, 0.3) is 5.56 Å². The Morgan fingerprint density at radius 2 is 2.00 bits per heavy atom. The minimum atomic E-state index is -0.142. The van der Waals surface area contributed by atoms with Crippen LogP contribution in [-0.4, -0.2) is 15.5 Å². The van der Waals surface area contributed by atoms with E-state index in [4.69, 9.17) is 11.6 Å². The largest absolute Gasteiger partial charge is 0.325 e. The summed E-state index contributed by atoms with van der Waals surface area (Å²) >= 11 is 7.82. The van der Waals surface area contributed by atoms with Gasteiger partial charge in [0.2, 0.25) is 5.91 Å². The monoisotopic (exact) mass is 417 g/mol. The molecule has 2 heterocycles. The lowest BCUT2D eigenvalue weighted by atomic mass is 10.0. The van der Waals surface area contributed by atoms with Gasteiger partial charge in [0.05, 0.1) is 11.7 Å². The van der Waals surface area contributed by atoms with Crippen molar-refractivity contribution in [1.29, 1.82) is 0 Å². The number of anilines is 1. The molecule has 1 N–H and O–H groups in total. The van der Waals surface area contributed by atoms with Crippen LogP contribution in [0.4, 0.5) is 5.69 Å². The fraction of sp³-hybridized carbons (Fsp3) is 0.381. The fourth-order valence-electron chi connectivity index (χ4n) is 3.32. The highest BCUT2D eigenvalue weighted by molar-refractivity contribution is 7.18. The van der Waals surface area contributed by atoms with E-state index in [9.17, 15) is 9.59 Å². The molecule has 0 fully saturated rings. The molecule has 0 aliphatic heterocycles. The van der Waals surface area contributed by atoms with Crippen molar-refractivity contribution in [1.82, 2.24) is 9.55 Å². The average Bonchev–Trinajstić information content (AvgIpc) is 2.96. The standard InChI is InChI=1S/C21H24ClN3O2S/c1-5-14-7-8-16(22)15(6-2)19(14)24-17(26)9-10-25-11-23-20-18(21(25)27)12(3)13(4)28-20/h7-8,11H,5-6,9-10H2,1-4H3,(H,24,26). The second kappa shape index (κ2) is 8.45. The molecule has 28 heavy (non-hydrogen) atoms.